The van der Waals surface area contributed by atoms with Gasteiger partial charge in [0.1, 0.15) is 5.69 Å². The summed E-state index contributed by atoms with van der Waals surface area (Å²) in [6.45, 7) is 6.18. The molecule has 5 nitrogen and oxygen atoms in total. The third kappa shape index (κ3) is 4.72. The molecule has 1 saturated heterocycles. The molecule has 4 rings (SSSR count). The number of aromatic nitrogens is 1. The number of nitrogens with one attached hydrogen (secondary N) is 1. The SMILES string of the molecule is CCCCn1sc(-c2cccc(Cl)c2)c(Nc2ccc(N3CCOCC3)cc2)c1=O. The number of aryl methyl sites for hydroxylation is 1. The molecule has 0 spiro atoms. The van der Waals surface area contributed by atoms with Gasteiger partial charge in [-0.15, -0.1) is 0 Å². The van der Waals surface area contributed by atoms with E-state index in [1.54, 1.807) is 0 Å². The molecule has 0 bridgehead atoms. The smallest absolute Gasteiger partial charge is 0.284 e. The Hall–Kier alpha value is -2.28. The van der Waals surface area contributed by atoms with E-state index < -0.39 is 0 Å². The van der Waals surface area contributed by atoms with Crippen molar-refractivity contribution in [3.8, 4) is 10.4 Å². The van der Waals surface area contributed by atoms with E-state index in [4.69, 9.17) is 16.3 Å². The maximum absolute atomic E-state index is 13.1. The molecule has 2 aromatic carbocycles. The van der Waals surface area contributed by atoms with Gasteiger partial charge in [-0.1, -0.05) is 48.6 Å². The first-order valence-electron chi connectivity index (χ1n) is 10.4. The Morgan fingerprint density at radius 3 is 2.60 bits per heavy atom. The molecule has 0 atom stereocenters. The van der Waals surface area contributed by atoms with Gasteiger partial charge in [0, 0.05) is 36.0 Å². The molecule has 1 aliphatic rings. The van der Waals surface area contributed by atoms with Gasteiger partial charge in [-0.2, -0.15) is 0 Å². The van der Waals surface area contributed by atoms with Gasteiger partial charge < -0.3 is 15.0 Å². The van der Waals surface area contributed by atoms with Crippen molar-refractivity contribution in [3.63, 3.8) is 0 Å². The number of hydrogen-bond acceptors (Lipinski definition) is 5. The summed E-state index contributed by atoms with van der Waals surface area (Å²) in [4.78, 5) is 16.4. The molecule has 0 unspecified atom stereocenters. The summed E-state index contributed by atoms with van der Waals surface area (Å²) in [6, 6.07) is 15.9. The fraction of sp³-hybridized carbons (Fsp3) is 0.348. The Kier molecular flexibility index (Phi) is 6.77. The molecule has 158 valence electrons. The van der Waals surface area contributed by atoms with E-state index in [2.05, 4.69) is 29.3 Å². The van der Waals surface area contributed by atoms with Crippen molar-refractivity contribution in [2.45, 2.75) is 26.3 Å². The lowest BCUT2D eigenvalue weighted by Crippen LogP contribution is -2.36. The lowest BCUT2D eigenvalue weighted by Gasteiger charge is -2.28. The summed E-state index contributed by atoms with van der Waals surface area (Å²) in [5, 5.41) is 4.04. The van der Waals surface area contributed by atoms with Crippen LogP contribution in [0.1, 0.15) is 19.8 Å². The van der Waals surface area contributed by atoms with E-state index >= 15 is 0 Å². The highest BCUT2D eigenvalue weighted by Crippen LogP contribution is 2.34. The first-order valence-corrected chi connectivity index (χ1v) is 11.5. The fourth-order valence-corrected chi connectivity index (χ4v) is 4.79. The van der Waals surface area contributed by atoms with Gasteiger partial charge in [0.05, 0.1) is 18.1 Å². The second-order valence-corrected chi connectivity index (χ2v) is 8.81. The molecule has 1 aliphatic heterocycles. The maximum atomic E-state index is 13.1. The van der Waals surface area contributed by atoms with Gasteiger partial charge in [0.15, 0.2) is 0 Å². The summed E-state index contributed by atoms with van der Waals surface area (Å²) >= 11 is 7.71. The molecule has 3 aromatic rings. The average Bonchev–Trinajstić information content (AvgIpc) is 3.09. The number of morpholine rings is 1. The number of hydrogen-bond donors (Lipinski definition) is 1. The van der Waals surface area contributed by atoms with Crippen molar-refractivity contribution in [2.24, 2.45) is 0 Å². The minimum absolute atomic E-state index is 0.0145. The molecule has 1 N–H and O–H groups in total. The van der Waals surface area contributed by atoms with Crippen molar-refractivity contribution >= 4 is 40.2 Å². The van der Waals surface area contributed by atoms with E-state index in [1.807, 2.05) is 40.4 Å². The average molecular weight is 444 g/mol. The zero-order valence-corrected chi connectivity index (χ0v) is 18.6. The minimum atomic E-state index is 0.0145. The number of unbranched alkanes of at least 4 members (excludes halogenated alkanes) is 1. The van der Waals surface area contributed by atoms with Crippen molar-refractivity contribution in [3.05, 3.63) is 63.9 Å². The summed E-state index contributed by atoms with van der Waals surface area (Å²) in [5.41, 5.74) is 3.64. The lowest BCUT2D eigenvalue weighted by molar-refractivity contribution is 0.122. The summed E-state index contributed by atoms with van der Waals surface area (Å²) in [5.74, 6) is 0. The standard InChI is InChI=1S/C23H26ClN3O2S/c1-2-3-11-27-23(28)21(22(30-27)17-5-4-6-18(24)16-17)25-19-7-9-20(10-8-19)26-12-14-29-15-13-26/h4-10,16,25H,2-3,11-15H2,1H3. The second kappa shape index (κ2) is 9.69. The molecule has 2 heterocycles. The highest BCUT2D eigenvalue weighted by Gasteiger charge is 2.18. The summed E-state index contributed by atoms with van der Waals surface area (Å²) < 4.78 is 7.27. The van der Waals surface area contributed by atoms with Gasteiger partial charge in [-0.3, -0.25) is 8.75 Å². The van der Waals surface area contributed by atoms with E-state index in [0.717, 1.165) is 61.8 Å². The van der Waals surface area contributed by atoms with Crippen LogP contribution in [-0.4, -0.2) is 30.3 Å². The predicted molar refractivity (Wildman–Crippen MR) is 127 cm³/mol. The van der Waals surface area contributed by atoms with Gasteiger partial charge in [0.2, 0.25) is 0 Å². The van der Waals surface area contributed by atoms with Gasteiger partial charge in [-0.05, 0) is 48.4 Å². The summed E-state index contributed by atoms with van der Waals surface area (Å²) in [7, 11) is 0. The minimum Gasteiger partial charge on any atom is -0.378 e. The van der Waals surface area contributed by atoms with E-state index in [-0.39, 0.29) is 5.56 Å². The number of halogens is 1. The number of benzene rings is 2. The van der Waals surface area contributed by atoms with Gasteiger partial charge >= 0.3 is 0 Å². The highest BCUT2D eigenvalue weighted by molar-refractivity contribution is 7.10. The Labute approximate surface area is 186 Å². The summed E-state index contributed by atoms with van der Waals surface area (Å²) in [6.07, 6.45) is 2.02. The molecule has 0 radical (unpaired) electrons. The first-order chi connectivity index (χ1) is 14.7. The van der Waals surface area contributed by atoms with Crippen LogP contribution < -0.4 is 15.8 Å². The van der Waals surface area contributed by atoms with Crippen LogP contribution in [0.25, 0.3) is 10.4 Å². The number of rotatable bonds is 7. The predicted octanol–water partition coefficient (Wildman–Crippen LogP) is 5.61. The van der Waals surface area contributed by atoms with Crippen molar-refractivity contribution in [2.75, 3.05) is 36.5 Å². The van der Waals surface area contributed by atoms with Crippen LogP contribution >= 0.6 is 23.1 Å². The third-order valence-corrected chi connectivity index (χ3v) is 6.61. The topological polar surface area (TPSA) is 46.5 Å². The fourth-order valence-electron chi connectivity index (χ4n) is 3.53. The Morgan fingerprint density at radius 1 is 1.13 bits per heavy atom. The van der Waals surface area contributed by atoms with Gasteiger partial charge in [-0.25, -0.2) is 0 Å². The molecular weight excluding hydrogens is 418 g/mol. The van der Waals surface area contributed by atoms with Crippen LogP contribution in [0.4, 0.5) is 17.1 Å². The maximum Gasteiger partial charge on any atom is 0.284 e. The van der Waals surface area contributed by atoms with Crippen LogP contribution in [0.15, 0.2) is 53.3 Å². The third-order valence-electron chi connectivity index (χ3n) is 5.18. The zero-order chi connectivity index (χ0) is 20.9. The number of anilines is 3. The molecular formula is C23H26ClN3O2S. The van der Waals surface area contributed by atoms with Crippen LogP contribution in [0.2, 0.25) is 5.02 Å². The van der Waals surface area contributed by atoms with Crippen molar-refractivity contribution < 1.29 is 4.74 Å². The molecule has 30 heavy (non-hydrogen) atoms. The first kappa shape index (κ1) is 21.0. The van der Waals surface area contributed by atoms with E-state index in [0.29, 0.717) is 10.7 Å². The molecule has 0 amide bonds. The van der Waals surface area contributed by atoms with E-state index in [9.17, 15) is 4.79 Å². The van der Waals surface area contributed by atoms with Crippen LogP contribution in [0.3, 0.4) is 0 Å². The monoisotopic (exact) mass is 443 g/mol. The Bertz CT molecular complexity index is 1040. The number of nitrogens with zero attached hydrogens (tertiary/aromatic N) is 2. The molecule has 7 heteroatoms. The number of ether oxygens (including phenoxy) is 1. The van der Waals surface area contributed by atoms with E-state index in [1.165, 1.54) is 17.2 Å². The Balaban J connectivity index is 1.63. The van der Waals surface area contributed by atoms with Crippen LogP contribution in [0, 0.1) is 0 Å². The normalized spacial score (nSPS) is 14.1. The quantitative estimate of drug-likeness (QED) is 0.515. The van der Waals surface area contributed by atoms with Crippen LogP contribution in [0.5, 0.6) is 0 Å². The Morgan fingerprint density at radius 2 is 1.90 bits per heavy atom. The molecule has 0 saturated carbocycles. The van der Waals surface area contributed by atoms with Crippen molar-refractivity contribution in [1.29, 1.82) is 0 Å². The highest BCUT2D eigenvalue weighted by atomic mass is 35.5. The molecule has 0 aliphatic carbocycles. The van der Waals surface area contributed by atoms with Crippen molar-refractivity contribution in [1.82, 2.24) is 3.96 Å². The molecule has 1 fully saturated rings. The second-order valence-electron chi connectivity index (χ2n) is 7.34. The molecule has 1 aromatic heterocycles. The zero-order valence-electron chi connectivity index (χ0n) is 17.1. The van der Waals surface area contributed by atoms with Gasteiger partial charge in [0.25, 0.3) is 5.56 Å². The largest absolute Gasteiger partial charge is 0.378 e. The lowest BCUT2D eigenvalue weighted by atomic mass is 10.1. The van der Waals surface area contributed by atoms with Crippen LogP contribution in [-0.2, 0) is 11.3 Å².